The Morgan fingerprint density at radius 3 is 2.29 bits per heavy atom. The molecule has 16 heteroatoms. The summed E-state index contributed by atoms with van der Waals surface area (Å²) in [4.78, 5) is 50.3. The lowest BCUT2D eigenvalue weighted by Crippen LogP contribution is -2.67. The maximum atomic E-state index is 14.0. The number of H-pyrrole nitrogens is 1. The van der Waals surface area contributed by atoms with E-state index >= 15 is 0 Å². The summed E-state index contributed by atoms with van der Waals surface area (Å²) in [7, 11) is 3.68. The molecule has 4 aromatic carbocycles. The number of hydrogen-bond acceptors (Lipinski definition) is 9. The number of phenols is 1. The van der Waals surface area contributed by atoms with Crippen LogP contribution in [0.5, 0.6) is 11.5 Å². The van der Waals surface area contributed by atoms with Crippen LogP contribution in [0.15, 0.2) is 102 Å². The van der Waals surface area contributed by atoms with Gasteiger partial charge >= 0.3 is 12.1 Å². The number of ether oxygens (including phenoxy) is 1. The number of phenolic OH excluding ortho intramolecular Hbond substituents is 1. The number of alkyl halides is 3. The summed E-state index contributed by atoms with van der Waals surface area (Å²) < 4.78 is 37.9. The zero-order valence-corrected chi connectivity index (χ0v) is 32.7. The number of rotatable bonds is 12. The molecule has 2 heterocycles. The van der Waals surface area contributed by atoms with E-state index in [2.05, 4.69) is 27.9 Å². The molecule has 59 heavy (non-hydrogen) atoms. The molecule has 1 fully saturated rings. The topological polar surface area (TPSA) is 193 Å². The number of fused-ring (bicyclic) bond motifs is 1. The molecular formula is C43H46F3N5O8. The fourth-order valence-electron chi connectivity index (χ4n) is 6.60. The molecule has 1 saturated heterocycles. The number of piperidine rings is 1. The number of aliphatic carboxylic acids is 1. The van der Waals surface area contributed by atoms with Gasteiger partial charge in [-0.1, -0.05) is 61.5 Å². The summed E-state index contributed by atoms with van der Waals surface area (Å²) in [5, 5.41) is 41.0. The van der Waals surface area contributed by atoms with E-state index in [0.717, 1.165) is 41.0 Å². The molecule has 13 nitrogen and oxygen atoms in total. The number of nitrogens with zero attached hydrogens (tertiary/aromatic N) is 1. The number of aliphatic hydroxyl groups is 1. The highest BCUT2D eigenvalue weighted by atomic mass is 19.4. The molecule has 1 aliphatic heterocycles. The van der Waals surface area contributed by atoms with E-state index in [1.807, 2.05) is 86.9 Å². The quantitative estimate of drug-likeness (QED) is 0.0741. The largest absolute Gasteiger partial charge is 0.542 e. The number of carbonyl (C=O) groups is 3. The third-order valence-corrected chi connectivity index (χ3v) is 10.1. The summed E-state index contributed by atoms with van der Waals surface area (Å²) in [6.07, 6.45) is -3.97. The molecule has 0 radical (unpaired) electrons. The first-order valence-corrected chi connectivity index (χ1v) is 18.9. The average molecular weight is 818 g/mol. The first kappa shape index (κ1) is 43.9. The van der Waals surface area contributed by atoms with Gasteiger partial charge in [-0.25, -0.2) is 0 Å². The van der Waals surface area contributed by atoms with Crippen LogP contribution in [0.4, 0.5) is 24.5 Å². The molecule has 6 N–H and O–H groups in total. The van der Waals surface area contributed by atoms with E-state index in [0.29, 0.717) is 30.5 Å². The molecule has 6 rings (SSSR count). The number of likely N-dealkylation sites (tertiary alicyclic amines) is 1. The van der Waals surface area contributed by atoms with Gasteiger partial charge in [0.05, 0.1) is 38.5 Å². The zero-order valence-electron chi connectivity index (χ0n) is 32.7. The number of carboxylic acids is 1. The number of aromatic hydroxyl groups is 1. The van der Waals surface area contributed by atoms with Crippen LogP contribution in [0.2, 0.25) is 0 Å². The lowest BCUT2D eigenvalue weighted by atomic mass is 9.90. The van der Waals surface area contributed by atoms with Gasteiger partial charge in [-0.15, -0.1) is 0 Å². The third kappa shape index (κ3) is 11.2. The second-order valence-corrected chi connectivity index (χ2v) is 14.7. The van der Waals surface area contributed by atoms with Crippen LogP contribution in [0.3, 0.4) is 0 Å². The van der Waals surface area contributed by atoms with E-state index in [9.17, 15) is 37.8 Å². The van der Waals surface area contributed by atoms with E-state index in [1.54, 1.807) is 0 Å². The van der Waals surface area contributed by atoms with Gasteiger partial charge in [0.25, 0.3) is 0 Å². The number of carboxylic acid groups (broad SMARTS) is 1. The van der Waals surface area contributed by atoms with Crippen molar-refractivity contribution < 1.29 is 52.1 Å². The summed E-state index contributed by atoms with van der Waals surface area (Å²) in [6.45, 7) is 4.16. The molecule has 0 bridgehead atoms. The number of quaternary nitrogens is 1. The van der Waals surface area contributed by atoms with Crippen molar-refractivity contribution in [3.63, 3.8) is 0 Å². The van der Waals surface area contributed by atoms with Gasteiger partial charge in [-0.05, 0) is 66.1 Å². The first-order valence-electron chi connectivity index (χ1n) is 18.9. The van der Waals surface area contributed by atoms with Crippen LogP contribution in [0.25, 0.3) is 22.0 Å². The summed E-state index contributed by atoms with van der Waals surface area (Å²) in [6, 6.07) is 29.2. The zero-order chi connectivity index (χ0) is 43.0. The number of hydrogen-bond donors (Lipinski definition) is 6. The number of aryl methyl sites for hydroxylation is 1. The molecule has 2 atom stereocenters. The van der Waals surface area contributed by atoms with Crippen molar-refractivity contribution in [3.05, 3.63) is 119 Å². The normalized spacial score (nSPS) is 17.3. The van der Waals surface area contributed by atoms with Crippen molar-refractivity contribution >= 4 is 40.1 Å². The minimum absolute atomic E-state index is 0.00577. The Morgan fingerprint density at radius 1 is 0.949 bits per heavy atom. The highest BCUT2D eigenvalue weighted by molar-refractivity contribution is 5.97. The van der Waals surface area contributed by atoms with E-state index < -0.39 is 24.0 Å². The minimum atomic E-state index is -5.19. The Bertz CT molecular complexity index is 2340. The van der Waals surface area contributed by atoms with Gasteiger partial charge in [0, 0.05) is 47.8 Å². The van der Waals surface area contributed by atoms with Gasteiger partial charge in [0.15, 0.2) is 0 Å². The van der Waals surface area contributed by atoms with Crippen molar-refractivity contribution in [2.45, 2.75) is 51.2 Å². The highest BCUT2D eigenvalue weighted by Gasteiger charge is 2.54. The number of amides is 2. The van der Waals surface area contributed by atoms with Crippen molar-refractivity contribution in [1.29, 1.82) is 0 Å². The Balaban J connectivity index is 0.000000867. The van der Waals surface area contributed by atoms with Gasteiger partial charge in [-0.2, -0.15) is 13.2 Å². The summed E-state index contributed by atoms with van der Waals surface area (Å²) in [5.74, 6) is -5.62. The van der Waals surface area contributed by atoms with E-state index in [-0.39, 0.29) is 51.7 Å². The standard InChI is InChI=1S/C41H45N5O6.C2HF3O2/c1-4-42-26-28-10-14-31(15-11-28)43-37(48)20-13-27-12-16-32(29-8-6-5-7-9-29)34(24-27)44-40(50)30-22-23-46(2,3)41(51,25-30)52-36-19-18-35(47)39-33(36)17-21-38(49)45-39;3-2(4,5)1(6)7/h5-12,14-19,21,24,30,42,51H,4,13,20,22-23,25-26H2,1-3H3,(H3-,43,44,45,47,48,49,50);(H,6,7)/t30?,41-;/m1./s1. The van der Waals surface area contributed by atoms with E-state index in [4.69, 9.17) is 14.6 Å². The minimum Gasteiger partial charge on any atom is -0.542 e. The molecule has 5 aromatic rings. The van der Waals surface area contributed by atoms with Crippen molar-refractivity contribution in [2.75, 3.05) is 37.8 Å². The predicted molar refractivity (Wildman–Crippen MR) is 214 cm³/mol. The van der Waals surface area contributed by atoms with Crippen molar-refractivity contribution in [1.82, 2.24) is 10.3 Å². The maximum absolute atomic E-state index is 14.0. The summed E-state index contributed by atoms with van der Waals surface area (Å²) in [5.41, 5.74) is 4.97. The number of halogens is 3. The second kappa shape index (κ2) is 18.6. The Labute approximate surface area is 338 Å². The maximum Gasteiger partial charge on any atom is 0.430 e. The first-order chi connectivity index (χ1) is 27.9. The fraction of sp³-hybridized carbons (Fsp3) is 0.302. The third-order valence-electron chi connectivity index (χ3n) is 10.1. The number of nitrogens with one attached hydrogen (secondary N) is 4. The fourth-order valence-corrected chi connectivity index (χ4v) is 6.60. The lowest BCUT2D eigenvalue weighted by Gasteiger charge is -2.48. The van der Waals surface area contributed by atoms with E-state index in [1.165, 1.54) is 24.3 Å². The SMILES string of the molecule is CCNCc1ccc(NC(=O)CCc2ccc(-c3ccccc3)c(NC(=O)C3CC[N+](C)(C)[C@](O)(Oc4ccc(O)c5[nH]c(=O)ccc45)C3)c2)cc1.O=C([O-])C(F)(F)F. The van der Waals surface area contributed by atoms with Crippen LogP contribution in [0.1, 0.15) is 37.3 Å². The lowest BCUT2D eigenvalue weighted by molar-refractivity contribution is -0.996. The van der Waals surface area contributed by atoms with Crippen molar-refractivity contribution in [3.8, 4) is 22.6 Å². The van der Waals surface area contributed by atoms with Gasteiger partial charge in [0.2, 0.25) is 17.4 Å². The van der Waals surface area contributed by atoms with Crippen LogP contribution < -0.4 is 31.4 Å². The molecular weight excluding hydrogens is 771 g/mol. The summed E-state index contributed by atoms with van der Waals surface area (Å²) >= 11 is 0. The molecule has 312 valence electrons. The molecule has 0 spiro atoms. The van der Waals surface area contributed by atoms with Crippen LogP contribution in [-0.2, 0) is 27.3 Å². The van der Waals surface area contributed by atoms with Crippen LogP contribution >= 0.6 is 0 Å². The van der Waals surface area contributed by atoms with Gasteiger partial charge < -0.3 is 45.8 Å². The molecule has 1 unspecified atom stereocenters. The molecule has 1 aromatic heterocycles. The molecule has 1 aliphatic rings. The predicted octanol–water partition coefficient (Wildman–Crippen LogP) is 5.03. The van der Waals surface area contributed by atoms with Crippen LogP contribution in [0, 0.1) is 5.92 Å². The number of aromatic nitrogens is 1. The second-order valence-electron chi connectivity index (χ2n) is 14.7. The smallest absolute Gasteiger partial charge is 0.430 e. The number of pyridine rings is 1. The molecule has 2 amide bonds. The number of benzene rings is 4. The Morgan fingerprint density at radius 2 is 1.63 bits per heavy atom. The Kier molecular flexibility index (Phi) is 13.8. The van der Waals surface area contributed by atoms with Gasteiger partial charge in [-0.3, -0.25) is 18.9 Å². The number of aromatic amines is 1. The molecule has 0 aliphatic carbocycles. The number of carbonyl (C=O) groups excluding carboxylic acids is 3. The van der Waals surface area contributed by atoms with Crippen LogP contribution in [-0.4, -0.2) is 76.7 Å². The molecule has 0 saturated carbocycles. The Hall–Kier alpha value is -6.23. The number of anilines is 2. The average Bonchev–Trinajstić information content (AvgIpc) is 3.19. The monoisotopic (exact) mass is 817 g/mol. The highest BCUT2D eigenvalue weighted by Crippen LogP contribution is 2.40. The van der Waals surface area contributed by atoms with Crippen molar-refractivity contribution in [2.24, 2.45) is 5.92 Å². The van der Waals surface area contributed by atoms with Gasteiger partial charge in [0.1, 0.15) is 17.5 Å².